The van der Waals surface area contributed by atoms with E-state index in [4.69, 9.17) is 4.74 Å². The van der Waals surface area contributed by atoms with Gasteiger partial charge in [0.15, 0.2) is 0 Å². The van der Waals surface area contributed by atoms with Crippen molar-refractivity contribution in [3.05, 3.63) is 12.2 Å². The maximum atomic E-state index is 13.7. The number of rotatable bonds is 0. The molecule has 12 atom stereocenters. The molecule has 4 nitrogen and oxygen atoms in total. The first kappa shape index (κ1) is 23.5. The Kier molecular flexibility index (Phi) is 4.51. The Bertz CT molecular complexity index is 959. The van der Waals surface area contributed by atoms with E-state index in [1.807, 2.05) is 0 Å². The largest absolute Gasteiger partial charge is 0.458 e. The van der Waals surface area contributed by atoms with Crippen molar-refractivity contribution in [1.82, 2.24) is 0 Å². The molecule has 1 saturated heterocycles. The van der Waals surface area contributed by atoms with E-state index in [2.05, 4.69) is 48.1 Å². The van der Waals surface area contributed by atoms with Gasteiger partial charge in [0.2, 0.25) is 0 Å². The van der Waals surface area contributed by atoms with Crippen molar-refractivity contribution in [1.29, 1.82) is 0 Å². The van der Waals surface area contributed by atoms with Gasteiger partial charge < -0.3 is 14.9 Å². The molecule has 0 amide bonds. The highest BCUT2D eigenvalue weighted by Gasteiger charge is 2.81. The molecule has 1 heterocycles. The van der Waals surface area contributed by atoms with Gasteiger partial charge in [0, 0.05) is 11.3 Å². The summed E-state index contributed by atoms with van der Waals surface area (Å²) < 4.78 is 6.76. The molecule has 190 valence electrons. The molecule has 5 saturated carbocycles. The molecule has 6 fully saturated rings. The molecule has 0 aromatic heterocycles. The van der Waals surface area contributed by atoms with Crippen molar-refractivity contribution >= 4 is 5.97 Å². The fraction of sp³-hybridized carbons (Fsp3) is 0.900. The summed E-state index contributed by atoms with van der Waals surface area (Å²) in [5.74, 6) is 1.95. The minimum Gasteiger partial charge on any atom is -0.458 e. The molecule has 0 radical (unpaired) electrons. The number of hydrogen-bond donors (Lipinski definition) is 2. The van der Waals surface area contributed by atoms with Gasteiger partial charge in [-0.05, 0) is 97.4 Å². The van der Waals surface area contributed by atoms with Gasteiger partial charge in [0.1, 0.15) is 11.7 Å². The fourth-order valence-electron chi connectivity index (χ4n) is 11.7. The molecule has 6 rings (SSSR count). The lowest BCUT2D eigenvalue weighted by Gasteiger charge is -2.75. The van der Waals surface area contributed by atoms with Crippen molar-refractivity contribution < 1.29 is 19.7 Å². The quantitative estimate of drug-likeness (QED) is 0.354. The van der Waals surface area contributed by atoms with Crippen molar-refractivity contribution in [3.8, 4) is 0 Å². The maximum absolute atomic E-state index is 13.7. The lowest BCUT2D eigenvalue weighted by Crippen LogP contribution is -2.73. The number of esters is 1. The summed E-state index contributed by atoms with van der Waals surface area (Å²) in [5.41, 5.74) is -0.195. The van der Waals surface area contributed by atoms with E-state index >= 15 is 0 Å². The second-order valence-electron chi connectivity index (χ2n) is 14.6. The van der Waals surface area contributed by atoms with Crippen LogP contribution in [-0.4, -0.2) is 34.0 Å². The Balaban J connectivity index is 1.49. The summed E-state index contributed by atoms with van der Waals surface area (Å²) in [4.78, 5) is 13.7. The maximum Gasteiger partial charge on any atom is 0.313 e. The Labute approximate surface area is 205 Å². The van der Waals surface area contributed by atoms with E-state index in [9.17, 15) is 15.0 Å². The van der Waals surface area contributed by atoms with Crippen LogP contribution in [0.25, 0.3) is 0 Å². The topological polar surface area (TPSA) is 66.8 Å². The van der Waals surface area contributed by atoms with Gasteiger partial charge in [0.25, 0.3) is 0 Å². The number of aliphatic hydroxyl groups is 2. The van der Waals surface area contributed by atoms with E-state index in [1.165, 1.54) is 0 Å². The number of carbonyl (C=O) groups excluding carboxylic acids is 1. The lowest BCUT2D eigenvalue weighted by atomic mass is 9.29. The van der Waals surface area contributed by atoms with E-state index in [0.29, 0.717) is 30.1 Å². The predicted octanol–water partition coefficient (Wildman–Crippen LogP) is 5.66. The van der Waals surface area contributed by atoms with Crippen LogP contribution < -0.4 is 0 Å². The summed E-state index contributed by atoms with van der Waals surface area (Å²) >= 11 is 0. The SMILES string of the molecule is C=C1C(O)C(O)CC2(C)C3CCC45OC(=O)C6(CCC(C)C(C)C64)CCC5(C)C3(C)CCC12C. The highest BCUT2D eigenvalue weighted by Crippen LogP contribution is 2.81. The molecule has 4 heteroatoms. The highest BCUT2D eigenvalue weighted by molar-refractivity contribution is 5.82. The molecule has 1 aliphatic heterocycles. The zero-order valence-electron chi connectivity index (χ0n) is 22.2. The monoisotopic (exact) mass is 470 g/mol. The predicted molar refractivity (Wildman–Crippen MR) is 132 cm³/mol. The van der Waals surface area contributed by atoms with Gasteiger partial charge >= 0.3 is 5.97 Å². The molecular formula is C30H46O4. The third-order valence-electron chi connectivity index (χ3n) is 14.3. The smallest absolute Gasteiger partial charge is 0.313 e. The number of hydrogen-bond acceptors (Lipinski definition) is 4. The van der Waals surface area contributed by atoms with Crippen LogP contribution in [0.15, 0.2) is 12.2 Å². The summed E-state index contributed by atoms with van der Waals surface area (Å²) in [6.07, 6.45) is 7.20. The third-order valence-corrected chi connectivity index (χ3v) is 14.3. The first-order chi connectivity index (χ1) is 15.7. The normalized spacial score (nSPS) is 62.7. The second kappa shape index (κ2) is 6.52. The Morgan fingerprint density at radius 3 is 2.32 bits per heavy atom. The van der Waals surface area contributed by atoms with E-state index in [-0.39, 0.29) is 38.6 Å². The van der Waals surface area contributed by atoms with E-state index in [1.54, 1.807) is 0 Å². The first-order valence-electron chi connectivity index (χ1n) is 14.0. The summed E-state index contributed by atoms with van der Waals surface area (Å²) in [7, 11) is 0. The van der Waals surface area contributed by atoms with Crippen molar-refractivity contribution in [2.45, 2.75) is 117 Å². The highest BCUT2D eigenvalue weighted by atomic mass is 16.6. The minimum absolute atomic E-state index is 0.0129. The standard InChI is InChI=1S/C30H46O4/c1-17-8-10-29-15-14-28(7)26(5)13-12-25(4)19(3)22(32)20(31)16-27(25,6)21(26)9-11-30(28,34-24(29)33)23(29)18(17)2/h17-18,20-23,31-32H,3,8-16H2,1-2,4-7H3. The minimum atomic E-state index is -0.830. The zero-order chi connectivity index (χ0) is 24.7. The average Bonchev–Trinajstić information content (AvgIpc) is 2.98. The van der Waals surface area contributed by atoms with Gasteiger partial charge in [-0.1, -0.05) is 48.1 Å². The van der Waals surface area contributed by atoms with Crippen LogP contribution in [0.3, 0.4) is 0 Å². The third kappa shape index (κ3) is 2.17. The summed E-state index contributed by atoms with van der Waals surface area (Å²) in [5, 5.41) is 21.7. The molecule has 12 unspecified atom stereocenters. The van der Waals surface area contributed by atoms with Gasteiger partial charge in [-0.2, -0.15) is 0 Å². The van der Waals surface area contributed by atoms with Gasteiger partial charge in [-0.3, -0.25) is 4.79 Å². The van der Waals surface area contributed by atoms with Crippen molar-refractivity contribution in [3.63, 3.8) is 0 Å². The Morgan fingerprint density at radius 1 is 0.912 bits per heavy atom. The second-order valence-corrected chi connectivity index (χ2v) is 14.6. The van der Waals surface area contributed by atoms with E-state index < -0.39 is 12.2 Å². The first-order valence-corrected chi connectivity index (χ1v) is 14.0. The van der Waals surface area contributed by atoms with Crippen LogP contribution in [-0.2, 0) is 9.53 Å². The van der Waals surface area contributed by atoms with Crippen LogP contribution >= 0.6 is 0 Å². The van der Waals surface area contributed by atoms with E-state index in [0.717, 1.165) is 56.9 Å². The summed E-state index contributed by atoms with van der Waals surface area (Å²) in [6, 6.07) is 0. The molecule has 5 aliphatic carbocycles. The number of carbonyl (C=O) groups is 1. The average molecular weight is 471 g/mol. The molecule has 0 aromatic carbocycles. The van der Waals surface area contributed by atoms with Gasteiger partial charge in [0.05, 0.1) is 11.5 Å². The van der Waals surface area contributed by atoms with Gasteiger partial charge in [-0.15, -0.1) is 0 Å². The molecular weight excluding hydrogens is 424 g/mol. The van der Waals surface area contributed by atoms with Gasteiger partial charge in [-0.25, -0.2) is 0 Å². The Hall–Kier alpha value is -0.870. The van der Waals surface area contributed by atoms with Crippen molar-refractivity contribution in [2.75, 3.05) is 0 Å². The van der Waals surface area contributed by atoms with Crippen LogP contribution in [0.1, 0.15) is 99.3 Å². The zero-order valence-corrected chi connectivity index (χ0v) is 22.2. The van der Waals surface area contributed by atoms with Crippen LogP contribution in [0.5, 0.6) is 0 Å². The molecule has 1 spiro atoms. The molecule has 0 aromatic rings. The molecule has 34 heavy (non-hydrogen) atoms. The number of ether oxygens (including phenoxy) is 1. The Morgan fingerprint density at radius 2 is 1.62 bits per heavy atom. The number of aliphatic hydroxyl groups excluding tert-OH is 2. The molecule has 2 bridgehead atoms. The van der Waals surface area contributed by atoms with Crippen LogP contribution in [0.4, 0.5) is 0 Å². The van der Waals surface area contributed by atoms with Crippen LogP contribution in [0.2, 0.25) is 0 Å². The van der Waals surface area contributed by atoms with Crippen molar-refractivity contribution in [2.24, 2.45) is 50.7 Å². The molecule has 6 aliphatic rings. The van der Waals surface area contributed by atoms with Crippen LogP contribution in [0, 0.1) is 50.7 Å². The number of fused-ring (bicyclic) bond motifs is 4. The lowest BCUT2D eigenvalue weighted by molar-refractivity contribution is -0.289. The molecule has 2 N–H and O–H groups in total. The summed E-state index contributed by atoms with van der Waals surface area (Å²) in [6.45, 7) is 18.8. The fourth-order valence-corrected chi connectivity index (χ4v) is 11.7.